The highest BCUT2D eigenvalue weighted by atomic mass is 15.3. The van der Waals surface area contributed by atoms with Crippen LogP contribution in [0, 0.1) is 0 Å². The van der Waals surface area contributed by atoms with Crippen LogP contribution in [0.1, 0.15) is 18.5 Å². The highest BCUT2D eigenvalue weighted by molar-refractivity contribution is 5.46. The van der Waals surface area contributed by atoms with Crippen molar-refractivity contribution >= 4 is 11.6 Å². The van der Waals surface area contributed by atoms with Crippen LogP contribution in [0.3, 0.4) is 0 Å². The van der Waals surface area contributed by atoms with Gasteiger partial charge in [-0.15, -0.1) is 0 Å². The molecule has 0 radical (unpaired) electrons. The summed E-state index contributed by atoms with van der Waals surface area (Å²) in [6.07, 6.45) is 3.93. The van der Waals surface area contributed by atoms with Gasteiger partial charge >= 0.3 is 0 Å². The van der Waals surface area contributed by atoms with Crippen molar-refractivity contribution in [2.24, 2.45) is 0 Å². The summed E-state index contributed by atoms with van der Waals surface area (Å²) in [6, 6.07) is 4.26. The quantitative estimate of drug-likeness (QED) is 0.725. The van der Waals surface area contributed by atoms with Crippen molar-refractivity contribution in [1.82, 2.24) is 25.1 Å². The lowest BCUT2D eigenvalue weighted by atomic mass is 10.4. The Morgan fingerprint density at radius 2 is 2.21 bits per heavy atom. The van der Waals surface area contributed by atoms with Crippen LogP contribution in [0.4, 0.5) is 11.6 Å². The van der Waals surface area contributed by atoms with Crippen molar-refractivity contribution in [3.05, 3.63) is 24.2 Å². The number of hydrogen-bond acceptors (Lipinski definition) is 6. The van der Waals surface area contributed by atoms with E-state index in [1.807, 2.05) is 19.2 Å². The lowest BCUT2D eigenvalue weighted by molar-refractivity contribution is 0.750. The van der Waals surface area contributed by atoms with Crippen molar-refractivity contribution < 1.29 is 0 Å². The zero-order chi connectivity index (χ0) is 13.2. The van der Waals surface area contributed by atoms with Crippen LogP contribution in [0.5, 0.6) is 0 Å². The molecule has 1 aliphatic rings. The summed E-state index contributed by atoms with van der Waals surface area (Å²) in [4.78, 5) is 8.42. The van der Waals surface area contributed by atoms with Gasteiger partial charge in [-0.2, -0.15) is 9.78 Å². The maximum Gasteiger partial charge on any atom is 0.161 e. The number of nitrogens with two attached hydrogens (primary N) is 1. The molecule has 100 valence electrons. The van der Waals surface area contributed by atoms with E-state index in [-0.39, 0.29) is 0 Å². The molecule has 2 heterocycles. The van der Waals surface area contributed by atoms with Gasteiger partial charge in [-0.05, 0) is 19.9 Å². The number of rotatable bonds is 5. The number of nitrogens with one attached hydrogen (secondary N) is 2. The third-order valence-corrected chi connectivity index (χ3v) is 2.94. The monoisotopic (exact) mass is 259 g/mol. The van der Waals surface area contributed by atoms with E-state index in [9.17, 15) is 0 Å². The van der Waals surface area contributed by atoms with Gasteiger partial charge in [-0.3, -0.25) is 0 Å². The standard InChI is InChI=1S/C12H17N7/c1-14-6-9-4-10(13)19(18-9)12-5-11(15-7-16-12)17-8-2-3-8/h4-5,7-8,14H,2-3,6,13H2,1H3,(H,15,16,17). The first-order valence-corrected chi connectivity index (χ1v) is 6.34. The van der Waals surface area contributed by atoms with E-state index in [2.05, 4.69) is 25.7 Å². The molecule has 0 atom stereocenters. The smallest absolute Gasteiger partial charge is 0.161 e. The van der Waals surface area contributed by atoms with Crippen LogP contribution in [-0.2, 0) is 6.54 Å². The largest absolute Gasteiger partial charge is 0.384 e. The molecular weight excluding hydrogens is 242 g/mol. The zero-order valence-corrected chi connectivity index (χ0v) is 10.8. The van der Waals surface area contributed by atoms with Gasteiger partial charge in [0, 0.05) is 24.7 Å². The van der Waals surface area contributed by atoms with E-state index in [1.54, 1.807) is 4.68 Å². The Labute approximate surface area is 111 Å². The summed E-state index contributed by atoms with van der Waals surface area (Å²) >= 11 is 0. The Balaban J connectivity index is 1.87. The fourth-order valence-electron chi connectivity index (χ4n) is 1.88. The Hall–Kier alpha value is -2.15. The lowest BCUT2D eigenvalue weighted by Gasteiger charge is -2.06. The molecule has 2 aromatic heterocycles. The maximum atomic E-state index is 5.96. The molecule has 7 heteroatoms. The van der Waals surface area contributed by atoms with E-state index in [4.69, 9.17) is 5.73 Å². The van der Waals surface area contributed by atoms with Gasteiger partial charge in [-0.25, -0.2) is 9.97 Å². The normalized spacial score (nSPS) is 14.6. The van der Waals surface area contributed by atoms with Crippen LogP contribution < -0.4 is 16.4 Å². The molecule has 0 unspecified atom stereocenters. The third-order valence-electron chi connectivity index (χ3n) is 2.94. The van der Waals surface area contributed by atoms with Crippen LogP contribution >= 0.6 is 0 Å². The first-order valence-electron chi connectivity index (χ1n) is 6.34. The predicted molar refractivity (Wildman–Crippen MR) is 73.0 cm³/mol. The molecule has 1 saturated carbocycles. The molecule has 19 heavy (non-hydrogen) atoms. The van der Waals surface area contributed by atoms with Gasteiger partial charge in [0.15, 0.2) is 5.82 Å². The summed E-state index contributed by atoms with van der Waals surface area (Å²) in [6.45, 7) is 0.676. The Morgan fingerprint density at radius 1 is 1.37 bits per heavy atom. The third kappa shape index (κ3) is 2.65. The summed E-state index contributed by atoms with van der Waals surface area (Å²) in [5.74, 6) is 2.07. The second kappa shape index (κ2) is 4.85. The van der Waals surface area contributed by atoms with Crippen molar-refractivity contribution in [1.29, 1.82) is 0 Å². The van der Waals surface area contributed by atoms with Crippen molar-refractivity contribution in [3.63, 3.8) is 0 Å². The second-order valence-electron chi connectivity index (χ2n) is 4.68. The van der Waals surface area contributed by atoms with Crippen LogP contribution in [-0.4, -0.2) is 32.8 Å². The van der Waals surface area contributed by atoms with Crippen LogP contribution in [0.15, 0.2) is 18.5 Å². The number of nitrogens with zero attached hydrogens (tertiary/aromatic N) is 4. The van der Waals surface area contributed by atoms with E-state index < -0.39 is 0 Å². The molecule has 1 fully saturated rings. The second-order valence-corrected chi connectivity index (χ2v) is 4.68. The van der Waals surface area contributed by atoms with Gasteiger partial charge in [0.05, 0.1) is 5.69 Å². The Kier molecular flexibility index (Phi) is 3.04. The molecule has 1 aliphatic carbocycles. The molecule has 0 aromatic carbocycles. The first kappa shape index (κ1) is 11.9. The van der Waals surface area contributed by atoms with Gasteiger partial charge < -0.3 is 16.4 Å². The lowest BCUT2D eigenvalue weighted by Crippen LogP contribution is -2.09. The van der Waals surface area contributed by atoms with Crippen molar-refractivity contribution in [2.75, 3.05) is 18.1 Å². The number of aromatic nitrogens is 4. The molecule has 0 amide bonds. The number of hydrogen-bond donors (Lipinski definition) is 3. The molecule has 0 spiro atoms. The average Bonchev–Trinajstić information content (AvgIpc) is 3.13. The highest BCUT2D eigenvalue weighted by Crippen LogP contribution is 2.24. The number of anilines is 2. The van der Waals surface area contributed by atoms with E-state index in [1.165, 1.54) is 19.2 Å². The summed E-state index contributed by atoms with van der Waals surface area (Å²) in [5, 5.41) is 10.8. The minimum Gasteiger partial charge on any atom is -0.384 e. The van der Waals surface area contributed by atoms with Gasteiger partial charge in [0.1, 0.15) is 18.0 Å². The van der Waals surface area contributed by atoms with E-state index in [0.29, 0.717) is 24.2 Å². The summed E-state index contributed by atoms with van der Waals surface area (Å²) in [5.41, 5.74) is 6.84. The van der Waals surface area contributed by atoms with Gasteiger partial charge in [0.2, 0.25) is 0 Å². The van der Waals surface area contributed by atoms with Crippen molar-refractivity contribution in [2.45, 2.75) is 25.4 Å². The van der Waals surface area contributed by atoms with E-state index >= 15 is 0 Å². The molecule has 7 nitrogen and oxygen atoms in total. The highest BCUT2D eigenvalue weighted by Gasteiger charge is 2.21. The predicted octanol–water partition coefficient (Wildman–Crippen LogP) is 0.538. The fraction of sp³-hybridized carbons (Fsp3) is 0.417. The average molecular weight is 259 g/mol. The molecule has 0 bridgehead atoms. The first-order chi connectivity index (χ1) is 9.26. The van der Waals surface area contributed by atoms with Crippen LogP contribution in [0.2, 0.25) is 0 Å². The van der Waals surface area contributed by atoms with Gasteiger partial charge in [0.25, 0.3) is 0 Å². The Morgan fingerprint density at radius 3 is 2.95 bits per heavy atom. The van der Waals surface area contributed by atoms with Gasteiger partial charge in [-0.1, -0.05) is 0 Å². The molecular formula is C12H17N7. The summed E-state index contributed by atoms with van der Waals surface area (Å²) in [7, 11) is 1.87. The minimum atomic E-state index is 0.553. The van der Waals surface area contributed by atoms with Crippen molar-refractivity contribution in [3.8, 4) is 5.82 Å². The SMILES string of the molecule is CNCc1cc(N)n(-c2cc(NC3CC3)ncn2)n1. The zero-order valence-electron chi connectivity index (χ0n) is 10.8. The molecule has 0 aliphatic heterocycles. The maximum absolute atomic E-state index is 5.96. The van der Waals surface area contributed by atoms with Crippen LogP contribution in [0.25, 0.3) is 5.82 Å². The number of nitrogen functional groups attached to an aromatic ring is 1. The van der Waals surface area contributed by atoms with E-state index in [0.717, 1.165) is 11.5 Å². The topological polar surface area (TPSA) is 93.7 Å². The molecule has 2 aromatic rings. The summed E-state index contributed by atoms with van der Waals surface area (Å²) < 4.78 is 1.63. The molecule has 4 N–H and O–H groups in total. The minimum absolute atomic E-state index is 0.553. The fourth-order valence-corrected chi connectivity index (χ4v) is 1.88. The Bertz CT molecular complexity index is 573. The molecule has 3 rings (SSSR count). The molecule has 0 saturated heterocycles.